The van der Waals surface area contributed by atoms with Crippen molar-refractivity contribution in [2.24, 2.45) is 5.73 Å². The highest BCUT2D eigenvalue weighted by atomic mass is 14.5. The molecule has 13 heavy (non-hydrogen) atoms. The lowest BCUT2D eigenvalue weighted by atomic mass is 10.0. The Morgan fingerprint density at radius 2 is 1.69 bits per heavy atom. The van der Waals surface area contributed by atoms with E-state index >= 15 is 0 Å². The van der Waals surface area contributed by atoms with E-state index in [0.29, 0.717) is 0 Å². The third kappa shape index (κ3) is 3.19. The molecule has 2 N–H and O–H groups in total. The lowest BCUT2D eigenvalue weighted by Gasteiger charge is -2.05. The fourth-order valence-corrected chi connectivity index (χ4v) is 1.69. The predicted octanol–water partition coefficient (Wildman–Crippen LogP) is 2.45. The summed E-state index contributed by atoms with van der Waals surface area (Å²) in [4.78, 5) is 0. The summed E-state index contributed by atoms with van der Waals surface area (Å²) in [5.41, 5.74) is 9.72. The van der Waals surface area contributed by atoms with Gasteiger partial charge in [0.25, 0.3) is 0 Å². The number of rotatable bonds is 4. The van der Waals surface area contributed by atoms with Gasteiger partial charge in [-0.1, -0.05) is 37.1 Å². The standard InChI is InChI=1S/C12H19N/c1-3-4-11-7-10(2)8-12(9-11)5-6-13/h7-9H,3-6,13H2,1-2H3. The monoisotopic (exact) mass is 177 g/mol. The molecule has 0 spiro atoms. The predicted molar refractivity (Wildman–Crippen MR) is 57.9 cm³/mol. The van der Waals surface area contributed by atoms with E-state index in [1.807, 2.05) is 0 Å². The highest BCUT2D eigenvalue weighted by molar-refractivity contribution is 5.29. The highest BCUT2D eigenvalue weighted by Gasteiger charge is 1.97. The first kappa shape index (κ1) is 10.3. The molecule has 0 atom stereocenters. The van der Waals surface area contributed by atoms with E-state index in [9.17, 15) is 0 Å². The molecular weight excluding hydrogens is 158 g/mol. The Kier molecular flexibility index (Phi) is 3.97. The molecular formula is C12H19N. The van der Waals surface area contributed by atoms with Gasteiger partial charge >= 0.3 is 0 Å². The van der Waals surface area contributed by atoms with Crippen LogP contribution in [-0.2, 0) is 12.8 Å². The molecule has 0 heterocycles. The number of nitrogens with two attached hydrogens (primary N) is 1. The van der Waals surface area contributed by atoms with Crippen LogP contribution >= 0.6 is 0 Å². The van der Waals surface area contributed by atoms with Crippen LogP contribution in [0, 0.1) is 6.92 Å². The van der Waals surface area contributed by atoms with E-state index < -0.39 is 0 Å². The summed E-state index contributed by atoms with van der Waals surface area (Å²) in [5.74, 6) is 0. The van der Waals surface area contributed by atoms with Gasteiger partial charge < -0.3 is 5.73 Å². The summed E-state index contributed by atoms with van der Waals surface area (Å²) in [6.07, 6.45) is 3.39. The second-order valence-electron chi connectivity index (χ2n) is 3.62. The van der Waals surface area contributed by atoms with Crippen LogP contribution in [0.5, 0.6) is 0 Å². The summed E-state index contributed by atoms with van der Waals surface area (Å²) < 4.78 is 0. The van der Waals surface area contributed by atoms with E-state index in [0.717, 1.165) is 13.0 Å². The van der Waals surface area contributed by atoms with Crippen molar-refractivity contribution in [1.82, 2.24) is 0 Å². The molecule has 0 aliphatic heterocycles. The quantitative estimate of drug-likeness (QED) is 0.751. The van der Waals surface area contributed by atoms with E-state index in [2.05, 4.69) is 32.0 Å². The molecule has 1 aromatic carbocycles. The molecule has 0 fully saturated rings. The zero-order valence-corrected chi connectivity index (χ0v) is 8.64. The number of hydrogen-bond donors (Lipinski definition) is 1. The van der Waals surface area contributed by atoms with Crippen LogP contribution in [0.2, 0.25) is 0 Å². The zero-order chi connectivity index (χ0) is 9.68. The fourth-order valence-electron chi connectivity index (χ4n) is 1.69. The van der Waals surface area contributed by atoms with Crippen molar-refractivity contribution in [3.05, 3.63) is 34.9 Å². The second-order valence-corrected chi connectivity index (χ2v) is 3.62. The van der Waals surface area contributed by atoms with Gasteiger partial charge in [0.2, 0.25) is 0 Å². The minimum Gasteiger partial charge on any atom is -0.330 e. The van der Waals surface area contributed by atoms with Gasteiger partial charge in [0.05, 0.1) is 0 Å². The summed E-state index contributed by atoms with van der Waals surface area (Å²) >= 11 is 0. The molecule has 72 valence electrons. The molecule has 0 radical (unpaired) electrons. The SMILES string of the molecule is CCCc1cc(C)cc(CCN)c1. The molecule has 0 amide bonds. The Morgan fingerprint density at radius 1 is 1.08 bits per heavy atom. The van der Waals surface area contributed by atoms with Crippen molar-refractivity contribution in [1.29, 1.82) is 0 Å². The van der Waals surface area contributed by atoms with Crippen LogP contribution in [0.15, 0.2) is 18.2 Å². The van der Waals surface area contributed by atoms with Crippen LogP contribution < -0.4 is 5.73 Å². The smallest absolute Gasteiger partial charge is 0.00367 e. The molecule has 1 rings (SSSR count). The molecule has 0 bridgehead atoms. The van der Waals surface area contributed by atoms with Gasteiger partial charge in [-0.3, -0.25) is 0 Å². The van der Waals surface area contributed by atoms with E-state index in [1.165, 1.54) is 29.5 Å². The number of hydrogen-bond acceptors (Lipinski definition) is 1. The third-order valence-electron chi connectivity index (χ3n) is 2.17. The van der Waals surface area contributed by atoms with Crippen molar-refractivity contribution in [2.45, 2.75) is 33.1 Å². The molecule has 1 heteroatoms. The van der Waals surface area contributed by atoms with Crippen molar-refractivity contribution >= 4 is 0 Å². The van der Waals surface area contributed by atoms with Gasteiger partial charge in [-0.25, -0.2) is 0 Å². The van der Waals surface area contributed by atoms with Gasteiger partial charge in [-0.2, -0.15) is 0 Å². The first-order chi connectivity index (χ1) is 6.26. The maximum absolute atomic E-state index is 5.53. The largest absolute Gasteiger partial charge is 0.330 e. The Balaban J connectivity index is 2.83. The average Bonchev–Trinajstić information content (AvgIpc) is 2.04. The molecule has 0 unspecified atom stereocenters. The van der Waals surface area contributed by atoms with Crippen LogP contribution in [0.4, 0.5) is 0 Å². The minimum absolute atomic E-state index is 0.745. The maximum atomic E-state index is 5.53. The molecule has 1 nitrogen and oxygen atoms in total. The Hall–Kier alpha value is -0.820. The molecule has 1 aromatic rings. The van der Waals surface area contributed by atoms with Gasteiger partial charge in [0, 0.05) is 0 Å². The van der Waals surface area contributed by atoms with Gasteiger partial charge in [0.15, 0.2) is 0 Å². The van der Waals surface area contributed by atoms with Crippen molar-refractivity contribution in [2.75, 3.05) is 6.54 Å². The highest BCUT2D eigenvalue weighted by Crippen LogP contribution is 2.11. The fraction of sp³-hybridized carbons (Fsp3) is 0.500. The summed E-state index contributed by atoms with van der Waals surface area (Å²) in [6, 6.07) is 6.78. The molecule has 0 saturated heterocycles. The lowest BCUT2D eigenvalue weighted by Crippen LogP contribution is -2.03. The first-order valence-electron chi connectivity index (χ1n) is 5.05. The minimum atomic E-state index is 0.745. The first-order valence-corrected chi connectivity index (χ1v) is 5.05. The van der Waals surface area contributed by atoms with Crippen molar-refractivity contribution in [3.63, 3.8) is 0 Å². The van der Waals surface area contributed by atoms with Crippen LogP contribution in [0.25, 0.3) is 0 Å². The average molecular weight is 177 g/mol. The van der Waals surface area contributed by atoms with Gasteiger partial charge in [-0.05, 0) is 37.4 Å². The maximum Gasteiger partial charge on any atom is -0.00367 e. The van der Waals surface area contributed by atoms with Gasteiger partial charge in [-0.15, -0.1) is 0 Å². The summed E-state index contributed by atoms with van der Waals surface area (Å²) in [6.45, 7) is 5.11. The molecule has 0 saturated carbocycles. The zero-order valence-electron chi connectivity index (χ0n) is 8.64. The Morgan fingerprint density at radius 3 is 2.23 bits per heavy atom. The number of benzene rings is 1. The normalized spacial score (nSPS) is 10.4. The molecule has 0 aliphatic carbocycles. The second kappa shape index (κ2) is 5.03. The van der Waals surface area contributed by atoms with Gasteiger partial charge in [0.1, 0.15) is 0 Å². The van der Waals surface area contributed by atoms with E-state index in [4.69, 9.17) is 5.73 Å². The summed E-state index contributed by atoms with van der Waals surface area (Å²) in [7, 11) is 0. The molecule has 0 aliphatic rings. The topological polar surface area (TPSA) is 26.0 Å². The van der Waals surface area contributed by atoms with E-state index in [1.54, 1.807) is 0 Å². The third-order valence-corrected chi connectivity index (χ3v) is 2.17. The molecule has 0 aromatic heterocycles. The Labute approximate surface area is 81.0 Å². The number of aryl methyl sites for hydroxylation is 2. The van der Waals surface area contributed by atoms with Crippen LogP contribution in [-0.4, -0.2) is 6.54 Å². The van der Waals surface area contributed by atoms with Crippen LogP contribution in [0.1, 0.15) is 30.0 Å². The van der Waals surface area contributed by atoms with Crippen molar-refractivity contribution < 1.29 is 0 Å². The van der Waals surface area contributed by atoms with E-state index in [-0.39, 0.29) is 0 Å². The lowest BCUT2D eigenvalue weighted by molar-refractivity contribution is 0.907. The Bertz CT molecular complexity index is 242. The van der Waals surface area contributed by atoms with Crippen LogP contribution in [0.3, 0.4) is 0 Å². The summed E-state index contributed by atoms with van der Waals surface area (Å²) in [5, 5.41) is 0. The van der Waals surface area contributed by atoms with Crippen molar-refractivity contribution in [3.8, 4) is 0 Å².